The van der Waals surface area contributed by atoms with Gasteiger partial charge in [-0.25, -0.2) is 0 Å². The fraction of sp³-hybridized carbons (Fsp3) is 0.571. The van der Waals surface area contributed by atoms with Crippen molar-refractivity contribution >= 4 is 15.9 Å². The van der Waals surface area contributed by atoms with E-state index >= 15 is 0 Å². The summed E-state index contributed by atoms with van der Waals surface area (Å²) in [6, 6.07) is 2.14. The Bertz CT molecular complexity index is 592. The molecule has 7 heteroatoms. The SMILES string of the molecule is CCNC(c1cc(C)nn1C)c1c(Br)cnn1CCOC. The van der Waals surface area contributed by atoms with Crippen LogP contribution in [0.25, 0.3) is 0 Å². The summed E-state index contributed by atoms with van der Waals surface area (Å²) < 4.78 is 10.1. The zero-order valence-electron chi connectivity index (χ0n) is 12.9. The smallest absolute Gasteiger partial charge is 0.0930 e. The minimum absolute atomic E-state index is 0.0370. The van der Waals surface area contributed by atoms with Crippen molar-refractivity contribution in [1.82, 2.24) is 24.9 Å². The molecule has 0 amide bonds. The van der Waals surface area contributed by atoms with Gasteiger partial charge in [0.25, 0.3) is 0 Å². The van der Waals surface area contributed by atoms with Crippen LogP contribution in [0.2, 0.25) is 0 Å². The molecule has 1 N–H and O–H groups in total. The lowest BCUT2D eigenvalue weighted by atomic mass is 10.1. The molecule has 0 aliphatic rings. The summed E-state index contributed by atoms with van der Waals surface area (Å²) in [4.78, 5) is 0. The molecule has 0 saturated carbocycles. The Balaban J connectivity index is 2.43. The summed E-state index contributed by atoms with van der Waals surface area (Å²) in [5, 5.41) is 12.4. The summed E-state index contributed by atoms with van der Waals surface area (Å²) in [6.45, 7) is 6.31. The van der Waals surface area contributed by atoms with Crippen LogP contribution in [-0.2, 0) is 18.3 Å². The van der Waals surface area contributed by atoms with E-state index in [0.29, 0.717) is 6.61 Å². The third-order valence-electron chi connectivity index (χ3n) is 3.36. The van der Waals surface area contributed by atoms with E-state index in [4.69, 9.17) is 4.74 Å². The number of hydrogen-bond donors (Lipinski definition) is 1. The number of methoxy groups -OCH3 is 1. The molecule has 6 nitrogen and oxygen atoms in total. The van der Waals surface area contributed by atoms with Gasteiger partial charge in [-0.3, -0.25) is 9.36 Å². The van der Waals surface area contributed by atoms with E-state index in [-0.39, 0.29) is 6.04 Å². The number of halogens is 1. The topological polar surface area (TPSA) is 56.9 Å². The number of hydrogen-bond acceptors (Lipinski definition) is 4. The summed E-state index contributed by atoms with van der Waals surface area (Å²) in [6.07, 6.45) is 1.83. The van der Waals surface area contributed by atoms with Crippen LogP contribution in [0.15, 0.2) is 16.7 Å². The first kappa shape index (κ1) is 16.2. The van der Waals surface area contributed by atoms with E-state index in [1.165, 1.54) is 0 Å². The number of aromatic nitrogens is 4. The predicted octanol–water partition coefficient (Wildman–Crippen LogP) is 2.03. The summed E-state index contributed by atoms with van der Waals surface area (Å²) in [7, 11) is 3.67. The van der Waals surface area contributed by atoms with Crippen molar-refractivity contribution in [3.63, 3.8) is 0 Å². The molecule has 0 radical (unpaired) electrons. The van der Waals surface area contributed by atoms with E-state index < -0.39 is 0 Å². The van der Waals surface area contributed by atoms with Gasteiger partial charge in [-0.2, -0.15) is 10.2 Å². The van der Waals surface area contributed by atoms with Crippen LogP contribution in [-0.4, -0.2) is 39.8 Å². The molecule has 0 bridgehead atoms. The van der Waals surface area contributed by atoms with Gasteiger partial charge >= 0.3 is 0 Å². The van der Waals surface area contributed by atoms with E-state index in [1.54, 1.807) is 7.11 Å². The highest BCUT2D eigenvalue weighted by Crippen LogP contribution is 2.28. The molecule has 0 aromatic carbocycles. The van der Waals surface area contributed by atoms with Crippen LogP contribution < -0.4 is 5.32 Å². The molecule has 1 unspecified atom stereocenters. The minimum Gasteiger partial charge on any atom is -0.383 e. The maximum Gasteiger partial charge on any atom is 0.0930 e. The minimum atomic E-state index is 0.0370. The van der Waals surface area contributed by atoms with Gasteiger partial charge in [-0.1, -0.05) is 6.92 Å². The van der Waals surface area contributed by atoms with Crippen molar-refractivity contribution in [3.8, 4) is 0 Å². The summed E-state index contributed by atoms with van der Waals surface area (Å²) in [5.74, 6) is 0. The van der Waals surface area contributed by atoms with Crippen molar-refractivity contribution in [3.05, 3.63) is 33.8 Å². The van der Waals surface area contributed by atoms with Crippen LogP contribution >= 0.6 is 15.9 Å². The largest absolute Gasteiger partial charge is 0.383 e. The van der Waals surface area contributed by atoms with Gasteiger partial charge in [-0.05, 0) is 35.5 Å². The highest BCUT2D eigenvalue weighted by molar-refractivity contribution is 9.10. The van der Waals surface area contributed by atoms with Gasteiger partial charge in [0.1, 0.15) is 0 Å². The molecule has 0 saturated heterocycles. The van der Waals surface area contributed by atoms with E-state index in [2.05, 4.69) is 44.4 Å². The Morgan fingerprint density at radius 1 is 1.48 bits per heavy atom. The third kappa shape index (κ3) is 3.53. The van der Waals surface area contributed by atoms with Crippen LogP contribution in [0.3, 0.4) is 0 Å². The average Bonchev–Trinajstić information content (AvgIpc) is 2.97. The molecular weight excluding hydrogens is 334 g/mol. The van der Waals surface area contributed by atoms with Gasteiger partial charge in [0.05, 0.1) is 46.9 Å². The van der Waals surface area contributed by atoms with Gasteiger partial charge in [0, 0.05) is 14.2 Å². The van der Waals surface area contributed by atoms with Crippen molar-refractivity contribution in [2.75, 3.05) is 20.3 Å². The molecule has 0 aliphatic heterocycles. The molecule has 2 aromatic heterocycles. The second kappa shape index (κ2) is 7.20. The first-order valence-electron chi connectivity index (χ1n) is 7.02. The number of ether oxygens (including phenoxy) is 1. The van der Waals surface area contributed by atoms with Gasteiger partial charge in [0.2, 0.25) is 0 Å². The van der Waals surface area contributed by atoms with Crippen LogP contribution in [0, 0.1) is 6.92 Å². The van der Waals surface area contributed by atoms with E-state index in [0.717, 1.165) is 34.6 Å². The van der Waals surface area contributed by atoms with Crippen LogP contribution in [0.1, 0.15) is 30.0 Å². The Labute approximate surface area is 133 Å². The van der Waals surface area contributed by atoms with E-state index in [1.807, 2.05) is 29.5 Å². The molecule has 2 rings (SSSR count). The number of nitrogens with zero attached hydrogens (tertiary/aromatic N) is 4. The lowest BCUT2D eigenvalue weighted by molar-refractivity contribution is 0.182. The first-order valence-corrected chi connectivity index (χ1v) is 7.81. The molecule has 0 aliphatic carbocycles. The second-order valence-corrected chi connectivity index (χ2v) is 5.77. The molecule has 0 spiro atoms. The van der Waals surface area contributed by atoms with E-state index in [9.17, 15) is 0 Å². The Hall–Kier alpha value is -1.18. The normalized spacial score (nSPS) is 12.8. The molecule has 1 atom stereocenters. The zero-order chi connectivity index (χ0) is 15.4. The van der Waals surface area contributed by atoms with Gasteiger partial charge in [-0.15, -0.1) is 0 Å². The highest BCUT2D eigenvalue weighted by Gasteiger charge is 2.24. The first-order chi connectivity index (χ1) is 10.1. The number of nitrogens with one attached hydrogen (secondary N) is 1. The van der Waals surface area contributed by atoms with Crippen LogP contribution in [0.5, 0.6) is 0 Å². The van der Waals surface area contributed by atoms with Crippen molar-refractivity contribution < 1.29 is 4.74 Å². The Morgan fingerprint density at radius 2 is 2.24 bits per heavy atom. The van der Waals surface area contributed by atoms with Gasteiger partial charge < -0.3 is 10.1 Å². The Kier molecular flexibility index (Phi) is 5.55. The third-order valence-corrected chi connectivity index (χ3v) is 3.97. The van der Waals surface area contributed by atoms with Crippen LogP contribution in [0.4, 0.5) is 0 Å². The second-order valence-electron chi connectivity index (χ2n) is 4.92. The van der Waals surface area contributed by atoms with Crippen molar-refractivity contribution in [2.24, 2.45) is 7.05 Å². The Morgan fingerprint density at radius 3 is 2.81 bits per heavy atom. The summed E-state index contributed by atoms with van der Waals surface area (Å²) >= 11 is 3.61. The van der Waals surface area contributed by atoms with Crippen molar-refractivity contribution in [2.45, 2.75) is 26.4 Å². The molecule has 2 aromatic rings. The maximum absolute atomic E-state index is 5.17. The molecular formula is C14H22BrN5O. The summed E-state index contributed by atoms with van der Waals surface area (Å²) in [5.41, 5.74) is 3.22. The molecule has 0 fully saturated rings. The quantitative estimate of drug-likeness (QED) is 0.825. The predicted molar refractivity (Wildman–Crippen MR) is 85.3 cm³/mol. The highest BCUT2D eigenvalue weighted by atomic mass is 79.9. The molecule has 2 heterocycles. The van der Waals surface area contributed by atoms with Gasteiger partial charge in [0.15, 0.2) is 0 Å². The fourth-order valence-corrected chi connectivity index (χ4v) is 2.99. The number of aryl methyl sites for hydroxylation is 2. The molecule has 116 valence electrons. The zero-order valence-corrected chi connectivity index (χ0v) is 14.5. The monoisotopic (exact) mass is 355 g/mol. The fourth-order valence-electron chi connectivity index (χ4n) is 2.46. The maximum atomic E-state index is 5.17. The lowest BCUT2D eigenvalue weighted by Gasteiger charge is -2.20. The lowest BCUT2D eigenvalue weighted by Crippen LogP contribution is -2.27. The number of rotatable bonds is 7. The van der Waals surface area contributed by atoms with Crippen molar-refractivity contribution in [1.29, 1.82) is 0 Å². The standard InChI is InChI=1S/C14H22BrN5O/c1-5-16-13(12-8-10(2)18-19(12)3)14-11(15)9-17-20(14)6-7-21-4/h8-9,13,16H,5-7H2,1-4H3. The molecule has 21 heavy (non-hydrogen) atoms. The average molecular weight is 356 g/mol.